The van der Waals surface area contributed by atoms with E-state index in [9.17, 15) is 4.79 Å². The Hall–Kier alpha value is -2.61. The van der Waals surface area contributed by atoms with Gasteiger partial charge < -0.3 is 15.0 Å². The van der Waals surface area contributed by atoms with Crippen molar-refractivity contribution in [3.63, 3.8) is 0 Å². The lowest BCUT2D eigenvalue weighted by molar-refractivity contribution is -0.117. The lowest BCUT2D eigenvalue weighted by atomic mass is 10.2. The van der Waals surface area contributed by atoms with Crippen molar-refractivity contribution in [1.82, 2.24) is 9.88 Å². The minimum Gasteiger partial charge on any atom is -0.497 e. The number of nitrogens with zero attached hydrogens (tertiary/aromatic N) is 3. The number of aromatic nitrogens is 1. The van der Waals surface area contributed by atoms with Gasteiger partial charge in [0, 0.05) is 37.1 Å². The van der Waals surface area contributed by atoms with Gasteiger partial charge in [0.1, 0.15) is 5.75 Å². The highest BCUT2D eigenvalue weighted by Gasteiger charge is 2.21. The smallest absolute Gasteiger partial charge is 0.240 e. The molecule has 1 aliphatic heterocycles. The number of hydrogen-bond donors (Lipinski definition) is 1. The second kappa shape index (κ2) is 9.47. The molecule has 1 fully saturated rings. The molecule has 6 nitrogen and oxygen atoms in total. The molecule has 0 saturated carbocycles. The topological polar surface area (TPSA) is 57.7 Å². The Bertz CT molecular complexity index is 1000. The zero-order valence-corrected chi connectivity index (χ0v) is 18.2. The first-order valence-corrected chi connectivity index (χ1v) is 11.0. The molecule has 1 aromatic heterocycles. The van der Waals surface area contributed by atoms with Gasteiger partial charge in [-0.05, 0) is 36.4 Å². The van der Waals surface area contributed by atoms with Crippen LogP contribution in [0.4, 0.5) is 10.8 Å². The molecule has 0 atom stereocenters. The summed E-state index contributed by atoms with van der Waals surface area (Å²) in [7, 11) is 1.64. The number of halogens is 1. The van der Waals surface area contributed by atoms with Crippen molar-refractivity contribution in [2.24, 2.45) is 0 Å². The van der Waals surface area contributed by atoms with Gasteiger partial charge >= 0.3 is 0 Å². The van der Waals surface area contributed by atoms with E-state index in [0.717, 1.165) is 53.9 Å². The number of rotatable bonds is 6. The third-order valence-corrected chi connectivity index (χ3v) is 6.15. The van der Waals surface area contributed by atoms with Crippen LogP contribution in [0.25, 0.3) is 11.3 Å². The molecule has 2 heterocycles. The lowest BCUT2D eigenvalue weighted by Gasteiger charge is -2.36. The maximum atomic E-state index is 12.5. The molecular weight excluding hydrogens is 420 g/mol. The Morgan fingerprint density at radius 2 is 1.87 bits per heavy atom. The van der Waals surface area contributed by atoms with E-state index in [2.05, 4.69) is 20.1 Å². The second-order valence-electron chi connectivity index (χ2n) is 7.03. The maximum Gasteiger partial charge on any atom is 0.240 e. The number of para-hydroxylation sites is 1. The van der Waals surface area contributed by atoms with E-state index in [1.165, 1.54) is 11.3 Å². The first-order valence-electron chi connectivity index (χ1n) is 9.74. The van der Waals surface area contributed by atoms with E-state index in [0.29, 0.717) is 11.7 Å². The van der Waals surface area contributed by atoms with Gasteiger partial charge in [0.05, 0.1) is 30.1 Å². The SMILES string of the molecule is COc1ccc(-c2csc(NC(=O)CN3CCN(c4ccccc4Cl)CC3)n2)cc1. The minimum atomic E-state index is -0.0446. The first-order chi connectivity index (χ1) is 14.6. The fourth-order valence-electron chi connectivity index (χ4n) is 3.44. The van der Waals surface area contributed by atoms with Crippen molar-refractivity contribution >= 4 is 39.7 Å². The average Bonchev–Trinajstić information content (AvgIpc) is 3.23. The van der Waals surface area contributed by atoms with Gasteiger partial charge in [-0.15, -0.1) is 11.3 Å². The van der Waals surface area contributed by atoms with Crippen LogP contribution in [0.3, 0.4) is 0 Å². The number of carbonyl (C=O) groups is 1. The van der Waals surface area contributed by atoms with E-state index < -0.39 is 0 Å². The number of carbonyl (C=O) groups excluding carboxylic acids is 1. The Labute approximate surface area is 185 Å². The van der Waals surface area contributed by atoms with E-state index in [4.69, 9.17) is 16.3 Å². The molecule has 0 bridgehead atoms. The number of ether oxygens (including phenoxy) is 1. The summed E-state index contributed by atoms with van der Waals surface area (Å²) in [6.07, 6.45) is 0. The number of hydrogen-bond acceptors (Lipinski definition) is 6. The number of benzene rings is 2. The predicted octanol–water partition coefficient (Wildman–Crippen LogP) is 4.23. The molecule has 30 heavy (non-hydrogen) atoms. The average molecular weight is 443 g/mol. The van der Waals surface area contributed by atoms with Crippen molar-refractivity contribution in [3.05, 3.63) is 58.9 Å². The quantitative estimate of drug-likeness (QED) is 0.619. The standard InChI is InChI=1S/C22H23ClN4O2S/c1-29-17-8-6-16(7-9-17)19-15-30-22(24-19)25-21(28)14-26-10-12-27(13-11-26)20-5-3-2-4-18(20)23/h2-9,15H,10-14H2,1H3,(H,24,25,28). The second-order valence-corrected chi connectivity index (χ2v) is 8.29. The Kier molecular flexibility index (Phi) is 6.52. The van der Waals surface area contributed by atoms with Gasteiger partial charge in [-0.1, -0.05) is 23.7 Å². The monoisotopic (exact) mass is 442 g/mol. The summed E-state index contributed by atoms with van der Waals surface area (Å²) < 4.78 is 5.18. The van der Waals surface area contributed by atoms with Gasteiger partial charge in [0.25, 0.3) is 0 Å². The Morgan fingerprint density at radius 3 is 2.57 bits per heavy atom. The maximum absolute atomic E-state index is 12.5. The number of methoxy groups -OCH3 is 1. The summed E-state index contributed by atoms with van der Waals surface area (Å²) >= 11 is 7.73. The van der Waals surface area contributed by atoms with Crippen LogP contribution in [-0.2, 0) is 4.79 Å². The molecule has 1 amide bonds. The fourth-order valence-corrected chi connectivity index (χ4v) is 4.43. The van der Waals surface area contributed by atoms with Gasteiger partial charge in [0.2, 0.25) is 5.91 Å². The van der Waals surface area contributed by atoms with Crippen molar-refractivity contribution in [3.8, 4) is 17.0 Å². The van der Waals surface area contributed by atoms with Crippen LogP contribution < -0.4 is 15.0 Å². The van der Waals surface area contributed by atoms with Crippen LogP contribution in [0.5, 0.6) is 5.75 Å². The van der Waals surface area contributed by atoms with E-state index in [1.54, 1.807) is 7.11 Å². The van der Waals surface area contributed by atoms with Gasteiger partial charge in [-0.2, -0.15) is 0 Å². The molecule has 4 rings (SSSR count). The summed E-state index contributed by atoms with van der Waals surface area (Å²) in [5.41, 5.74) is 2.88. The van der Waals surface area contributed by atoms with E-state index in [1.807, 2.05) is 53.9 Å². The fraction of sp³-hybridized carbons (Fsp3) is 0.273. The van der Waals surface area contributed by atoms with Gasteiger partial charge in [-0.25, -0.2) is 4.98 Å². The number of amides is 1. The third kappa shape index (κ3) is 4.92. The van der Waals surface area contributed by atoms with Crippen LogP contribution in [0.1, 0.15) is 0 Å². The third-order valence-electron chi connectivity index (χ3n) is 5.07. The molecular formula is C22H23ClN4O2S. The summed E-state index contributed by atoms with van der Waals surface area (Å²) in [6, 6.07) is 15.6. The highest BCUT2D eigenvalue weighted by atomic mass is 35.5. The van der Waals surface area contributed by atoms with Crippen LogP contribution in [0.2, 0.25) is 5.02 Å². The zero-order valence-electron chi connectivity index (χ0n) is 16.7. The van der Waals surface area contributed by atoms with E-state index in [-0.39, 0.29) is 5.91 Å². The van der Waals surface area contributed by atoms with Gasteiger partial charge in [0.15, 0.2) is 5.13 Å². The van der Waals surface area contributed by atoms with Crippen LogP contribution in [-0.4, -0.2) is 55.6 Å². The van der Waals surface area contributed by atoms with E-state index >= 15 is 0 Å². The normalized spacial score (nSPS) is 14.5. The van der Waals surface area contributed by atoms with Crippen molar-refractivity contribution in [1.29, 1.82) is 0 Å². The first kappa shape index (κ1) is 20.7. The van der Waals surface area contributed by atoms with Crippen molar-refractivity contribution in [2.45, 2.75) is 0 Å². The molecule has 1 N–H and O–H groups in total. The number of nitrogens with one attached hydrogen (secondary N) is 1. The van der Waals surface area contributed by atoms with Crippen molar-refractivity contribution < 1.29 is 9.53 Å². The highest BCUT2D eigenvalue weighted by molar-refractivity contribution is 7.14. The molecule has 1 aliphatic rings. The minimum absolute atomic E-state index is 0.0446. The van der Waals surface area contributed by atoms with Gasteiger partial charge in [-0.3, -0.25) is 9.69 Å². The van der Waals surface area contributed by atoms with Crippen molar-refractivity contribution in [2.75, 3.05) is 50.1 Å². The van der Waals surface area contributed by atoms with Crippen LogP contribution in [0.15, 0.2) is 53.9 Å². The molecule has 2 aromatic carbocycles. The molecule has 0 radical (unpaired) electrons. The molecule has 3 aromatic rings. The molecule has 156 valence electrons. The summed E-state index contributed by atoms with van der Waals surface area (Å²) in [6.45, 7) is 3.67. The zero-order chi connectivity index (χ0) is 20.9. The Balaban J connectivity index is 1.28. The molecule has 1 saturated heterocycles. The Morgan fingerprint density at radius 1 is 1.13 bits per heavy atom. The molecule has 8 heteroatoms. The largest absolute Gasteiger partial charge is 0.497 e. The molecule has 0 unspecified atom stereocenters. The number of piperazine rings is 1. The van der Waals surface area contributed by atoms with Crippen LogP contribution in [0, 0.1) is 0 Å². The predicted molar refractivity (Wildman–Crippen MR) is 123 cm³/mol. The molecule has 0 spiro atoms. The lowest BCUT2D eigenvalue weighted by Crippen LogP contribution is -2.48. The highest BCUT2D eigenvalue weighted by Crippen LogP contribution is 2.27. The molecule has 0 aliphatic carbocycles. The summed E-state index contributed by atoms with van der Waals surface area (Å²) in [4.78, 5) is 21.4. The van der Waals surface area contributed by atoms with Crippen LogP contribution >= 0.6 is 22.9 Å². The summed E-state index contributed by atoms with van der Waals surface area (Å²) in [5, 5.41) is 6.24. The summed E-state index contributed by atoms with van der Waals surface area (Å²) in [5.74, 6) is 0.758. The number of anilines is 2. The number of thiazole rings is 1.